The summed E-state index contributed by atoms with van der Waals surface area (Å²) < 4.78 is 3.27. The van der Waals surface area contributed by atoms with E-state index >= 15 is 0 Å². The minimum atomic E-state index is -1.84. The van der Waals surface area contributed by atoms with Gasteiger partial charge < -0.3 is 4.23 Å². The van der Waals surface area contributed by atoms with Gasteiger partial charge in [-0.1, -0.05) is 64.7 Å². The predicted molar refractivity (Wildman–Crippen MR) is 109 cm³/mol. The van der Waals surface area contributed by atoms with Gasteiger partial charge in [0.05, 0.1) is 8.59 Å². The lowest BCUT2D eigenvalue weighted by Crippen LogP contribution is -2.51. The minimum absolute atomic E-state index is 0.497. The molecule has 122 valence electrons. The van der Waals surface area contributed by atoms with E-state index in [1.54, 1.807) is 0 Å². The number of pyridine rings is 1. The Balaban J connectivity index is 2.87. The number of hydrogen-bond donors (Lipinski definition) is 0. The Morgan fingerprint density at radius 3 is 2.00 bits per heavy atom. The Kier molecular flexibility index (Phi) is 5.58. The van der Waals surface area contributed by atoms with Crippen LogP contribution in [0.4, 0.5) is 0 Å². The summed E-state index contributed by atoms with van der Waals surface area (Å²) in [5.41, 5.74) is 2.74. The standard InChI is InChI=1S/C16H23Cl2IN2Si/c1-9(2)22(10(3)4,11(5)6)21-8-7-12-13(17)14(19)15(18)20-16(12)21/h7-11H,1-6H3. The maximum absolute atomic E-state index is 6.50. The summed E-state index contributed by atoms with van der Waals surface area (Å²) in [6.07, 6.45) is 2.18. The second kappa shape index (κ2) is 6.61. The lowest BCUT2D eigenvalue weighted by molar-refractivity contribution is 0.770. The third kappa shape index (κ3) is 2.64. The molecule has 0 aromatic carbocycles. The molecule has 2 heterocycles. The SMILES string of the molecule is CC(C)[Si](C(C)C)(C(C)C)n1ccc2c(Cl)c(I)c(Cl)nc21. The molecule has 2 rings (SSSR count). The van der Waals surface area contributed by atoms with Gasteiger partial charge >= 0.3 is 0 Å². The molecule has 0 fully saturated rings. The van der Waals surface area contributed by atoms with Gasteiger partial charge in [-0.3, -0.25) is 0 Å². The minimum Gasteiger partial charge on any atom is -0.358 e. The first kappa shape index (κ1) is 18.6. The van der Waals surface area contributed by atoms with Crippen LogP contribution in [0.3, 0.4) is 0 Å². The monoisotopic (exact) mass is 468 g/mol. The van der Waals surface area contributed by atoms with Crippen molar-refractivity contribution in [3.05, 3.63) is 26.0 Å². The Morgan fingerprint density at radius 1 is 1.05 bits per heavy atom. The summed E-state index contributed by atoms with van der Waals surface area (Å²) >= 11 is 15.0. The summed E-state index contributed by atoms with van der Waals surface area (Å²) in [6.45, 7) is 14.0. The van der Waals surface area contributed by atoms with Crippen LogP contribution >= 0.6 is 45.8 Å². The fraction of sp³-hybridized carbons (Fsp3) is 0.562. The van der Waals surface area contributed by atoms with Crippen molar-refractivity contribution in [2.24, 2.45) is 0 Å². The Labute approximate surface area is 157 Å². The van der Waals surface area contributed by atoms with E-state index in [2.05, 4.69) is 85.6 Å². The maximum Gasteiger partial charge on any atom is 0.171 e. The number of aromatic nitrogens is 2. The molecule has 0 unspecified atom stereocenters. The number of nitrogens with zero attached hydrogens (tertiary/aromatic N) is 2. The number of hydrogen-bond acceptors (Lipinski definition) is 1. The van der Waals surface area contributed by atoms with Gasteiger partial charge in [0.15, 0.2) is 8.24 Å². The summed E-state index contributed by atoms with van der Waals surface area (Å²) in [6, 6.07) is 2.10. The van der Waals surface area contributed by atoms with E-state index in [1.165, 1.54) is 0 Å². The van der Waals surface area contributed by atoms with Crippen LogP contribution < -0.4 is 0 Å². The highest BCUT2D eigenvalue weighted by Crippen LogP contribution is 2.45. The van der Waals surface area contributed by atoms with Crippen molar-refractivity contribution in [3.63, 3.8) is 0 Å². The van der Waals surface area contributed by atoms with Gasteiger partial charge in [0, 0.05) is 5.39 Å². The van der Waals surface area contributed by atoms with Crippen LogP contribution in [0.25, 0.3) is 11.0 Å². The van der Waals surface area contributed by atoms with Crippen LogP contribution in [0.1, 0.15) is 41.5 Å². The molecule has 0 atom stereocenters. The van der Waals surface area contributed by atoms with Crippen molar-refractivity contribution in [2.75, 3.05) is 0 Å². The first-order chi connectivity index (χ1) is 10.2. The zero-order valence-corrected chi connectivity index (χ0v) is 18.6. The molecule has 0 aliphatic heterocycles. The van der Waals surface area contributed by atoms with Crippen LogP contribution in [0, 0.1) is 3.57 Å². The number of fused-ring (bicyclic) bond motifs is 1. The zero-order valence-electron chi connectivity index (χ0n) is 13.9. The maximum atomic E-state index is 6.50. The molecule has 0 aliphatic carbocycles. The van der Waals surface area contributed by atoms with E-state index in [1.807, 2.05) is 0 Å². The van der Waals surface area contributed by atoms with Crippen molar-refractivity contribution in [1.29, 1.82) is 0 Å². The van der Waals surface area contributed by atoms with Gasteiger partial charge in [-0.05, 0) is 51.5 Å². The quantitative estimate of drug-likeness (QED) is 0.269. The largest absolute Gasteiger partial charge is 0.358 e. The van der Waals surface area contributed by atoms with E-state index < -0.39 is 8.24 Å². The van der Waals surface area contributed by atoms with Crippen LogP contribution in [0.5, 0.6) is 0 Å². The molecule has 0 radical (unpaired) electrons. The average molecular weight is 469 g/mol. The first-order valence-electron chi connectivity index (χ1n) is 7.67. The number of halogens is 3. The van der Waals surface area contributed by atoms with E-state index in [-0.39, 0.29) is 0 Å². The van der Waals surface area contributed by atoms with E-state index in [4.69, 9.17) is 23.2 Å². The molecule has 2 aromatic rings. The van der Waals surface area contributed by atoms with E-state index in [9.17, 15) is 0 Å². The Bertz CT molecular complexity index is 673. The second-order valence-electron chi connectivity index (χ2n) is 6.80. The van der Waals surface area contributed by atoms with Crippen molar-refractivity contribution >= 4 is 65.1 Å². The van der Waals surface area contributed by atoms with Gasteiger partial charge in [-0.25, -0.2) is 4.98 Å². The molecule has 0 saturated heterocycles. The highest BCUT2D eigenvalue weighted by molar-refractivity contribution is 14.1. The summed E-state index contributed by atoms with van der Waals surface area (Å²) in [5, 5.41) is 2.22. The van der Waals surface area contributed by atoms with Crippen molar-refractivity contribution in [1.82, 2.24) is 9.22 Å². The van der Waals surface area contributed by atoms with Gasteiger partial charge in [0.25, 0.3) is 0 Å². The fourth-order valence-corrected chi connectivity index (χ4v) is 11.6. The lowest BCUT2D eigenvalue weighted by Gasteiger charge is -2.44. The molecular weight excluding hydrogens is 446 g/mol. The molecule has 0 amide bonds. The summed E-state index contributed by atoms with van der Waals surface area (Å²) in [4.78, 5) is 4.68. The van der Waals surface area contributed by atoms with Gasteiger partial charge in [-0.2, -0.15) is 0 Å². The van der Waals surface area contributed by atoms with Crippen molar-refractivity contribution < 1.29 is 0 Å². The number of rotatable bonds is 4. The summed E-state index contributed by atoms with van der Waals surface area (Å²) in [5.74, 6) is 0. The molecule has 0 saturated carbocycles. The molecular formula is C16H23Cl2IN2Si. The Morgan fingerprint density at radius 2 is 1.55 bits per heavy atom. The molecule has 6 heteroatoms. The molecule has 0 aliphatic rings. The van der Waals surface area contributed by atoms with Gasteiger partial charge in [-0.15, -0.1) is 0 Å². The van der Waals surface area contributed by atoms with Crippen molar-refractivity contribution in [3.8, 4) is 0 Å². The van der Waals surface area contributed by atoms with Crippen LogP contribution in [-0.4, -0.2) is 17.5 Å². The van der Waals surface area contributed by atoms with Crippen LogP contribution in [0.2, 0.25) is 26.8 Å². The molecule has 0 bridgehead atoms. The highest BCUT2D eigenvalue weighted by Gasteiger charge is 2.46. The first-order valence-corrected chi connectivity index (χ1v) is 11.7. The Hall–Kier alpha value is 0.217. The molecule has 2 nitrogen and oxygen atoms in total. The fourth-order valence-electron chi connectivity index (χ4n) is 4.21. The molecule has 22 heavy (non-hydrogen) atoms. The van der Waals surface area contributed by atoms with Gasteiger partial charge in [0.2, 0.25) is 0 Å². The highest BCUT2D eigenvalue weighted by atomic mass is 127. The zero-order chi connectivity index (χ0) is 16.8. The molecule has 2 aromatic heterocycles. The molecule has 0 spiro atoms. The second-order valence-corrected chi connectivity index (χ2v) is 14.3. The third-order valence-electron chi connectivity index (χ3n) is 4.87. The van der Waals surface area contributed by atoms with Gasteiger partial charge in [0.1, 0.15) is 10.8 Å². The molecule has 0 N–H and O–H groups in total. The smallest absolute Gasteiger partial charge is 0.171 e. The average Bonchev–Trinajstić information content (AvgIpc) is 2.80. The predicted octanol–water partition coefficient (Wildman–Crippen LogP) is 6.97. The normalized spacial score (nSPS) is 13.1. The van der Waals surface area contributed by atoms with Crippen molar-refractivity contribution in [2.45, 2.75) is 58.2 Å². The lowest BCUT2D eigenvalue weighted by atomic mass is 10.3. The van der Waals surface area contributed by atoms with E-state index in [0.29, 0.717) is 26.8 Å². The third-order valence-corrected chi connectivity index (χ3v) is 14.0. The van der Waals surface area contributed by atoms with Crippen LogP contribution in [0.15, 0.2) is 12.3 Å². The summed E-state index contributed by atoms with van der Waals surface area (Å²) in [7, 11) is -1.84. The van der Waals surface area contributed by atoms with Crippen LogP contribution in [-0.2, 0) is 0 Å². The topological polar surface area (TPSA) is 17.8 Å². The van der Waals surface area contributed by atoms with E-state index in [0.717, 1.165) is 14.6 Å².